The summed E-state index contributed by atoms with van der Waals surface area (Å²) in [6.45, 7) is 5.86. The van der Waals surface area contributed by atoms with Crippen LogP contribution >= 0.6 is 0 Å². The maximum absolute atomic E-state index is 12.5. The molecule has 0 aliphatic rings. The van der Waals surface area contributed by atoms with Crippen molar-refractivity contribution in [3.63, 3.8) is 0 Å². The maximum atomic E-state index is 12.5. The van der Waals surface area contributed by atoms with Crippen LogP contribution in [0.25, 0.3) is 11.3 Å². The molecule has 0 bridgehead atoms. The predicted molar refractivity (Wildman–Crippen MR) is 157 cm³/mol. The Morgan fingerprint density at radius 2 is 1.32 bits per heavy atom. The van der Waals surface area contributed by atoms with Gasteiger partial charge in [-0.15, -0.1) is 0 Å². The fourth-order valence-electron chi connectivity index (χ4n) is 4.45. The van der Waals surface area contributed by atoms with E-state index < -0.39 is 0 Å². The van der Waals surface area contributed by atoms with Gasteiger partial charge in [-0.05, 0) is 72.9 Å². The average molecular weight is 516 g/mol. The van der Waals surface area contributed by atoms with E-state index in [0.29, 0.717) is 17.9 Å². The monoisotopic (exact) mass is 515 g/mol. The van der Waals surface area contributed by atoms with Crippen LogP contribution in [0.4, 0.5) is 0 Å². The topological polar surface area (TPSA) is 48.4 Å². The Hall–Kier alpha value is -2.98. The van der Waals surface area contributed by atoms with Crippen molar-refractivity contribution in [2.24, 2.45) is 0 Å². The van der Waals surface area contributed by atoms with Crippen LogP contribution in [0.15, 0.2) is 66.9 Å². The summed E-state index contributed by atoms with van der Waals surface area (Å²) in [6.07, 6.45) is 17.0. The second kappa shape index (κ2) is 17.5. The number of rotatable bonds is 18. The van der Waals surface area contributed by atoms with Gasteiger partial charge in [-0.1, -0.05) is 89.8 Å². The highest BCUT2D eigenvalue weighted by atomic mass is 16.5. The van der Waals surface area contributed by atoms with Crippen molar-refractivity contribution in [2.75, 3.05) is 6.61 Å². The first-order valence-corrected chi connectivity index (χ1v) is 14.6. The number of ether oxygens (including phenoxy) is 2. The van der Waals surface area contributed by atoms with E-state index in [2.05, 4.69) is 24.9 Å². The Morgan fingerprint density at radius 1 is 0.684 bits per heavy atom. The Morgan fingerprint density at radius 3 is 1.97 bits per heavy atom. The molecule has 3 aromatic rings. The van der Waals surface area contributed by atoms with Gasteiger partial charge in [-0.2, -0.15) is 0 Å². The fraction of sp³-hybridized carbons (Fsp3) is 0.471. The molecule has 0 aliphatic carbocycles. The lowest BCUT2D eigenvalue weighted by molar-refractivity contribution is 0.0734. The van der Waals surface area contributed by atoms with Crippen molar-refractivity contribution in [3.05, 3.63) is 83.6 Å². The van der Waals surface area contributed by atoms with Crippen LogP contribution < -0.4 is 4.74 Å². The molecule has 0 saturated heterocycles. The number of unbranched alkanes of at least 4 members (excludes halogenated alkanes) is 9. The molecule has 1 aromatic heterocycles. The highest BCUT2D eigenvalue weighted by molar-refractivity contribution is 5.91. The highest BCUT2D eigenvalue weighted by Gasteiger charge is 2.09. The van der Waals surface area contributed by atoms with Gasteiger partial charge in [0.05, 0.1) is 17.9 Å². The first-order chi connectivity index (χ1) is 18.7. The molecule has 2 aromatic carbocycles. The number of aryl methyl sites for hydroxylation is 1. The third-order valence-electron chi connectivity index (χ3n) is 6.85. The van der Waals surface area contributed by atoms with Crippen molar-refractivity contribution in [1.29, 1.82) is 0 Å². The number of benzene rings is 2. The molecule has 0 amide bonds. The van der Waals surface area contributed by atoms with Crippen LogP contribution in [0.3, 0.4) is 0 Å². The Bertz CT molecular complexity index is 1040. The summed E-state index contributed by atoms with van der Waals surface area (Å²) in [5, 5.41) is 0. The normalized spacial score (nSPS) is 11.0. The average Bonchev–Trinajstić information content (AvgIpc) is 2.95. The van der Waals surface area contributed by atoms with Crippen LogP contribution in [0.5, 0.6) is 5.75 Å². The van der Waals surface area contributed by atoms with Crippen LogP contribution in [-0.4, -0.2) is 17.6 Å². The molecular weight excluding hydrogens is 470 g/mol. The summed E-state index contributed by atoms with van der Waals surface area (Å²) in [7, 11) is 0. The number of pyridine rings is 1. The quantitative estimate of drug-likeness (QED) is 0.0962. The highest BCUT2D eigenvalue weighted by Crippen LogP contribution is 2.22. The van der Waals surface area contributed by atoms with E-state index in [1.165, 1.54) is 69.8 Å². The minimum Gasteiger partial charge on any atom is -0.423 e. The second-order valence-electron chi connectivity index (χ2n) is 10.1. The molecule has 204 valence electrons. The van der Waals surface area contributed by atoms with Crippen LogP contribution in [0.1, 0.15) is 106 Å². The molecule has 0 spiro atoms. The van der Waals surface area contributed by atoms with E-state index >= 15 is 0 Å². The first-order valence-electron chi connectivity index (χ1n) is 14.6. The molecule has 0 atom stereocenters. The third kappa shape index (κ3) is 10.8. The van der Waals surface area contributed by atoms with Gasteiger partial charge < -0.3 is 9.47 Å². The molecule has 0 N–H and O–H groups in total. The zero-order chi connectivity index (χ0) is 26.8. The third-order valence-corrected chi connectivity index (χ3v) is 6.85. The first kappa shape index (κ1) is 29.6. The summed E-state index contributed by atoms with van der Waals surface area (Å²) in [5.41, 5.74) is 4.76. The van der Waals surface area contributed by atoms with E-state index in [1.54, 1.807) is 0 Å². The van der Waals surface area contributed by atoms with Crippen molar-refractivity contribution in [1.82, 2.24) is 4.98 Å². The van der Waals surface area contributed by atoms with Gasteiger partial charge in [0, 0.05) is 18.4 Å². The Balaban J connectivity index is 1.38. The zero-order valence-electron chi connectivity index (χ0n) is 23.4. The zero-order valence-corrected chi connectivity index (χ0v) is 23.4. The molecule has 0 unspecified atom stereocenters. The summed E-state index contributed by atoms with van der Waals surface area (Å²) >= 11 is 0. The predicted octanol–water partition coefficient (Wildman–Crippen LogP) is 9.36. The largest absolute Gasteiger partial charge is 0.423 e. The Kier molecular flexibility index (Phi) is 13.6. The Labute approximate surface area is 229 Å². The molecule has 3 rings (SSSR count). The molecule has 0 aliphatic heterocycles. The van der Waals surface area contributed by atoms with Crippen LogP contribution in [0.2, 0.25) is 0 Å². The summed E-state index contributed by atoms with van der Waals surface area (Å²) in [4.78, 5) is 17.1. The molecule has 1 heterocycles. The van der Waals surface area contributed by atoms with Gasteiger partial charge in [-0.25, -0.2) is 4.79 Å². The van der Waals surface area contributed by atoms with Gasteiger partial charge in [0.2, 0.25) is 0 Å². The molecule has 4 nitrogen and oxygen atoms in total. The van der Waals surface area contributed by atoms with E-state index in [-0.39, 0.29) is 5.97 Å². The number of hydrogen-bond donors (Lipinski definition) is 0. The van der Waals surface area contributed by atoms with E-state index in [9.17, 15) is 4.79 Å². The number of aromatic nitrogens is 1. The van der Waals surface area contributed by atoms with Crippen molar-refractivity contribution >= 4 is 5.97 Å². The molecule has 38 heavy (non-hydrogen) atoms. The van der Waals surface area contributed by atoms with Crippen LogP contribution in [0, 0.1) is 0 Å². The minimum absolute atomic E-state index is 0.340. The fourth-order valence-corrected chi connectivity index (χ4v) is 4.45. The molecule has 4 heteroatoms. The molecular formula is C34H45NO3. The lowest BCUT2D eigenvalue weighted by Gasteiger charge is -2.08. The van der Waals surface area contributed by atoms with Gasteiger partial charge in [0.25, 0.3) is 0 Å². The lowest BCUT2D eigenvalue weighted by atomic mass is 10.1. The van der Waals surface area contributed by atoms with Gasteiger partial charge >= 0.3 is 5.97 Å². The van der Waals surface area contributed by atoms with Gasteiger partial charge in [0.1, 0.15) is 5.75 Å². The van der Waals surface area contributed by atoms with Crippen molar-refractivity contribution in [3.8, 4) is 17.0 Å². The second-order valence-corrected chi connectivity index (χ2v) is 10.1. The van der Waals surface area contributed by atoms with Crippen molar-refractivity contribution < 1.29 is 14.3 Å². The number of nitrogens with zero attached hydrogens (tertiary/aromatic N) is 1. The van der Waals surface area contributed by atoms with Crippen LogP contribution in [-0.2, 0) is 17.8 Å². The number of carbonyl (C=O) groups excluding carboxylic acids is 1. The molecule has 0 radical (unpaired) electrons. The SMILES string of the molecule is CCCCCCCCCCOCc1ccc(-c2ccc(OC(=O)c3ccc(CCCCC)cc3)cc2)nc1. The van der Waals surface area contributed by atoms with E-state index in [0.717, 1.165) is 36.3 Å². The van der Waals surface area contributed by atoms with E-state index in [1.807, 2.05) is 60.8 Å². The standard InChI is InChI=1S/C34H45NO3/c1-3-5-7-8-9-10-11-13-25-37-27-29-17-24-33(35-26-29)30-20-22-32(23-21-30)38-34(36)31-18-15-28(16-19-31)14-12-6-4-2/h15-24,26H,3-14,25,27H2,1-2H3. The summed E-state index contributed by atoms with van der Waals surface area (Å²) in [5.74, 6) is 0.184. The molecule has 0 fully saturated rings. The minimum atomic E-state index is -0.340. The number of hydrogen-bond acceptors (Lipinski definition) is 4. The number of esters is 1. The van der Waals surface area contributed by atoms with Gasteiger partial charge in [0.15, 0.2) is 0 Å². The lowest BCUT2D eigenvalue weighted by Crippen LogP contribution is -2.08. The smallest absolute Gasteiger partial charge is 0.343 e. The molecule has 0 saturated carbocycles. The summed E-state index contributed by atoms with van der Waals surface area (Å²) in [6, 6.07) is 19.3. The maximum Gasteiger partial charge on any atom is 0.343 e. The van der Waals surface area contributed by atoms with Gasteiger partial charge in [-0.3, -0.25) is 4.98 Å². The van der Waals surface area contributed by atoms with E-state index in [4.69, 9.17) is 9.47 Å². The number of carbonyl (C=O) groups is 1. The summed E-state index contributed by atoms with van der Waals surface area (Å²) < 4.78 is 11.4. The van der Waals surface area contributed by atoms with Crippen molar-refractivity contribution in [2.45, 2.75) is 97.5 Å².